The van der Waals surface area contributed by atoms with Crippen molar-refractivity contribution in [2.24, 2.45) is 0 Å². The molecule has 0 unspecified atom stereocenters. The van der Waals surface area contributed by atoms with Gasteiger partial charge in [0.05, 0.1) is 17.3 Å². The Morgan fingerprint density at radius 2 is 2.03 bits per heavy atom. The molecular weight excluding hydrogens is 370 g/mol. The first-order chi connectivity index (χ1) is 14.1. The van der Waals surface area contributed by atoms with E-state index in [1.807, 2.05) is 30.3 Å². The third-order valence-corrected chi connectivity index (χ3v) is 5.59. The van der Waals surface area contributed by atoms with Crippen molar-refractivity contribution >= 4 is 17.9 Å². The summed E-state index contributed by atoms with van der Waals surface area (Å²) in [5, 5.41) is 5.72. The number of allylic oxidation sites excluding steroid dienone is 1. The summed E-state index contributed by atoms with van der Waals surface area (Å²) < 4.78 is 5.19. The van der Waals surface area contributed by atoms with Crippen molar-refractivity contribution in [1.82, 2.24) is 15.5 Å². The van der Waals surface area contributed by atoms with E-state index < -0.39 is 18.0 Å². The number of cyclic esters (lactones) is 1. The first-order valence-electron chi connectivity index (χ1n) is 10.1. The summed E-state index contributed by atoms with van der Waals surface area (Å²) in [7, 11) is 0. The highest BCUT2D eigenvalue weighted by molar-refractivity contribution is 5.98. The Morgan fingerprint density at radius 3 is 2.79 bits per heavy atom. The molecule has 0 bridgehead atoms. The molecule has 4 rings (SSSR count). The quantitative estimate of drug-likeness (QED) is 0.572. The molecule has 0 saturated carbocycles. The molecule has 3 aliphatic rings. The molecule has 2 N–H and O–H groups in total. The van der Waals surface area contributed by atoms with Crippen molar-refractivity contribution in [2.75, 3.05) is 19.7 Å². The normalized spacial score (nSPS) is 21.3. The molecule has 0 radical (unpaired) electrons. The van der Waals surface area contributed by atoms with Crippen LogP contribution in [0.4, 0.5) is 4.79 Å². The third kappa shape index (κ3) is 4.18. The van der Waals surface area contributed by atoms with Gasteiger partial charge in [0.1, 0.15) is 13.2 Å². The van der Waals surface area contributed by atoms with Gasteiger partial charge in [0.25, 0.3) is 0 Å². The van der Waals surface area contributed by atoms with Crippen LogP contribution < -0.4 is 10.6 Å². The van der Waals surface area contributed by atoms with Gasteiger partial charge < -0.3 is 15.4 Å². The monoisotopic (exact) mass is 395 g/mol. The standard InChI is InChI=1S/C22H25N3O4/c26-18(23-12-11-15-7-3-1-4-8-15)13-25-17-14-29-21(27)19(17)20(24-22(25)28)16-9-5-2-6-10-16/h2,5-7,9-10,20H,1,3-4,8,11-14H2,(H,23,26)(H,24,28)/t20-/m1/s1. The highest BCUT2D eigenvalue weighted by Crippen LogP contribution is 2.34. The summed E-state index contributed by atoms with van der Waals surface area (Å²) in [4.78, 5) is 38.8. The van der Waals surface area contributed by atoms with Crippen LogP contribution in [0, 0.1) is 0 Å². The second-order valence-corrected chi connectivity index (χ2v) is 7.52. The van der Waals surface area contributed by atoms with Crippen molar-refractivity contribution in [3.05, 3.63) is 58.8 Å². The molecule has 0 saturated heterocycles. The first kappa shape index (κ1) is 19.2. The van der Waals surface area contributed by atoms with E-state index in [4.69, 9.17) is 4.74 Å². The number of nitrogens with one attached hydrogen (secondary N) is 2. The zero-order valence-electron chi connectivity index (χ0n) is 16.3. The van der Waals surface area contributed by atoms with Gasteiger partial charge in [-0.3, -0.25) is 9.69 Å². The molecule has 1 aliphatic carbocycles. The van der Waals surface area contributed by atoms with Crippen LogP contribution >= 0.6 is 0 Å². The maximum Gasteiger partial charge on any atom is 0.338 e. The average Bonchev–Trinajstić information content (AvgIpc) is 3.13. The van der Waals surface area contributed by atoms with E-state index in [1.165, 1.54) is 23.3 Å². The predicted octanol–water partition coefficient (Wildman–Crippen LogP) is 2.57. The van der Waals surface area contributed by atoms with E-state index in [0.717, 1.165) is 24.8 Å². The lowest BCUT2D eigenvalue weighted by Gasteiger charge is -2.32. The van der Waals surface area contributed by atoms with Crippen LogP contribution in [0.5, 0.6) is 0 Å². The molecule has 3 amide bonds. The number of nitrogens with zero attached hydrogens (tertiary/aromatic N) is 1. The van der Waals surface area contributed by atoms with E-state index in [-0.39, 0.29) is 19.1 Å². The van der Waals surface area contributed by atoms with Gasteiger partial charge in [0.2, 0.25) is 5.91 Å². The Labute approximate surface area is 169 Å². The smallest absolute Gasteiger partial charge is 0.338 e. The Bertz CT molecular complexity index is 875. The van der Waals surface area contributed by atoms with Crippen LogP contribution in [0.2, 0.25) is 0 Å². The van der Waals surface area contributed by atoms with E-state index in [0.29, 0.717) is 17.8 Å². The van der Waals surface area contributed by atoms with Gasteiger partial charge in [0, 0.05) is 6.54 Å². The van der Waals surface area contributed by atoms with Crippen LogP contribution in [0.25, 0.3) is 0 Å². The summed E-state index contributed by atoms with van der Waals surface area (Å²) in [6.45, 7) is 0.418. The molecule has 2 heterocycles. The minimum absolute atomic E-state index is 0.00505. The zero-order chi connectivity index (χ0) is 20.2. The van der Waals surface area contributed by atoms with Gasteiger partial charge in [-0.2, -0.15) is 0 Å². The number of rotatable bonds is 6. The molecule has 2 aliphatic heterocycles. The Kier molecular flexibility index (Phi) is 5.64. The molecular formula is C22H25N3O4. The number of ether oxygens (including phenoxy) is 1. The average molecular weight is 395 g/mol. The molecule has 7 heteroatoms. The fourth-order valence-corrected chi connectivity index (χ4v) is 4.07. The van der Waals surface area contributed by atoms with Gasteiger partial charge in [0.15, 0.2) is 0 Å². The minimum Gasteiger partial charge on any atom is -0.456 e. The van der Waals surface area contributed by atoms with Crippen LogP contribution in [0.3, 0.4) is 0 Å². The van der Waals surface area contributed by atoms with Crippen molar-refractivity contribution in [3.63, 3.8) is 0 Å². The van der Waals surface area contributed by atoms with Crippen molar-refractivity contribution in [2.45, 2.75) is 38.1 Å². The highest BCUT2D eigenvalue weighted by atomic mass is 16.5. The van der Waals surface area contributed by atoms with E-state index in [1.54, 1.807) is 0 Å². The Morgan fingerprint density at radius 1 is 1.21 bits per heavy atom. The van der Waals surface area contributed by atoms with Crippen LogP contribution in [0.15, 0.2) is 53.3 Å². The molecule has 0 spiro atoms. The number of amides is 3. The number of hydrogen-bond acceptors (Lipinski definition) is 4. The summed E-state index contributed by atoms with van der Waals surface area (Å²) >= 11 is 0. The van der Waals surface area contributed by atoms with Crippen LogP contribution in [-0.2, 0) is 14.3 Å². The lowest BCUT2D eigenvalue weighted by molar-refractivity contribution is -0.136. The molecule has 1 atom stereocenters. The highest BCUT2D eigenvalue weighted by Gasteiger charge is 2.42. The van der Waals surface area contributed by atoms with Gasteiger partial charge in [-0.25, -0.2) is 9.59 Å². The van der Waals surface area contributed by atoms with Crippen LogP contribution in [-0.4, -0.2) is 42.5 Å². The summed E-state index contributed by atoms with van der Waals surface area (Å²) in [6.07, 6.45) is 7.76. The molecule has 152 valence electrons. The largest absolute Gasteiger partial charge is 0.456 e. The van der Waals surface area contributed by atoms with E-state index in [2.05, 4.69) is 16.7 Å². The maximum absolute atomic E-state index is 12.7. The van der Waals surface area contributed by atoms with Crippen molar-refractivity contribution in [1.29, 1.82) is 0 Å². The molecule has 1 aromatic carbocycles. The minimum atomic E-state index is -0.564. The number of carbonyl (C=O) groups excluding carboxylic acids is 3. The topological polar surface area (TPSA) is 87.7 Å². The molecule has 0 aromatic heterocycles. The number of benzene rings is 1. The van der Waals surface area contributed by atoms with Crippen molar-refractivity contribution in [3.8, 4) is 0 Å². The van der Waals surface area contributed by atoms with E-state index >= 15 is 0 Å². The lowest BCUT2D eigenvalue weighted by atomic mass is 9.96. The molecule has 29 heavy (non-hydrogen) atoms. The molecule has 0 fully saturated rings. The Balaban J connectivity index is 1.43. The number of urea groups is 1. The lowest BCUT2D eigenvalue weighted by Crippen LogP contribution is -2.50. The maximum atomic E-state index is 12.7. The summed E-state index contributed by atoms with van der Waals surface area (Å²) in [5.41, 5.74) is 3.06. The van der Waals surface area contributed by atoms with Gasteiger partial charge in [-0.1, -0.05) is 42.0 Å². The van der Waals surface area contributed by atoms with Gasteiger partial charge >= 0.3 is 12.0 Å². The zero-order valence-corrected chi connectivity index (χ0v) is 16.3. The van der Waals surface area contributed by atoms with Gasteiger partial charge in [-0.05, 0) is 37.7 Å². The first-order valence-corrected chi connectivity index (χ1v) is 10.1. The molecule has 7 nitrogen and oxygen atoms in total. The number of hydrogen-bond donors (Lipinski definition) is 2. The fraction of sp³-hybridized carbons (Fsp3) is 0.409. The van der Waals surface area contributed by atoms with E-state index in [9.17, 15) is 14.4 Å². The SMILES string of the molecule is O=C(CN1C(=O)N[C@H](c2ccccc2)C2=C1COC2=O)NCCC1=CCCCC1. The number of esters is 1. The van der Waals surface area contributed by atoms with Crippen molar-refractivity contribution < 1.29 is 19.1 Å². The van der Waals surface area contributed by atoms with Crippen LogP contribution in [0.1, 0.15) is 43.7 Å². The third-order valence-electron chi connectivity index (χ3n) is 5.59. The summed E-state index contributed by atoms with van der Waals surface area (Å²) in [6, 6.07) is 8.31. The fourth-order valence-electron chi connectivity index (χ4n) is 4.07. The predicted molar refractivity (Wildman–Crippen MR) is 107 cm³/mol. The number of carbonyl (C=O) groups is 3. The van der Waals surface area contributed by atoms with Gasteiger partial charge in [-0.15, -0.1) is 0 Å². The summed E-state index contributed by atoms with van der Waals surface area (Å²) in [5.74, 6) is -0.704. The molecule has 1 aromatic rings. The second-order valence-electron chi connectivity index (χ2n) is 7.52. The Hall–Kier alpha value is -3.09. The second kappa shape index (κ2) is 8.51.